The van der Waals surface area contributed by atoms with Gasteiger partial charge in [0, 0.05) is 18.3 Å². The third-order valence-electron chi connectivity index (χ3n) is 4.19. The van der Waals surface area contributed by atoms with Gasteiger partial charge in [0.2, 0.25) is 0 Å². The lowest BCUT2D eigenvalue weighted by atomic mass is 9.97. The second kappa shape index (κ2) is 7.65. The number of hydrogen-bond donors (Lipinski definition) is 2. The average Bonchev–Trinajstić information content (AvgIpc) is 3.02. The summed E-state index contributed by atoms with van der Waals surface area (Å²) in [5.41, 5.74) is 4.50. The molecule has 1 amide bonds. The van der Waals surface area contributed by atoms with Crippen LogP contribution in [0, 0.1) is 0 Å². The topological polar surface area (TPSA) is 54.1 Å². The van der Waals surface area contributed by atoms with Gasteiger partial charge in [-0.15, -0.1) is 0 Å². The molecule has 136 valence electrons. The van der Waals surface area contributed by atoms with E-state index in [2.05, 4.69) is 52.8 Å². The van der Waals surface area contributed by atoms with E-state index >= 15 is 0 Å². The molecule has 0 aliphatic rings. The van der Waals surface area contributed by atoms with E-state index in [9.17, 15) is 4.79 Å². The third-order valence-corrected chi connectivity index (χ3v) is 4.19. The predicted octanol–water partition coefficient (Wildman–Crippen LogP) is 4.83. The van der Waals surface area contributed by atoms with Gasteiger partial charge < -0.3 is 15.0 Å². The average molecular weight is 350 g/mol. The summed E-state index contributed by atoms with van der Waals surface area (Å²) in [7, 11) is 0. The van der Waals surface area contributed by atoms with Gasteiger partial charge in [-0.1, -0.05) is 30.3 Å². The van der Waals surface area contributed by atoms with Crippen LogP contribution in [-0.2, 0) is 17.6 Å². The van der Waals surface area contributed by atoms with E-state index < -0.39 is 5.60 Å². The first-order chi connectivity index (χ1) is 12.4. The number of H-pyrrole nitrogens is 1. The Bertz CT molecular complexity index is 890. The lowest BCUT2D eigenvalue weighted by Gasteiger charge is -2.19. The summed E-state index contributed by atoms with van der Waals surface area (Å²) in [5.74, 6) is 0. The SMILES string of the molecule is CC(C)(C)OC(=O)NCCc1ccccc1Cc1ccc2[nH]ccc2c1. The Morgan fingerprint density at radius 1 is 1.08 bits per heavy atom. The van der Waals surface area contributed by atoms with E-state index in [1.165, 1.54) is 22.1 Å². The van der Waals surface area contributed by atoms with Gasteiger partial charge in [0.1, 0.15) is 5.60 Å². The number of ether oxygens (including phenoxy) is 1. The molecule has 0 aliphatic carbocycles. The molecule has 2 N–H and O–H groups in total. The number of aromatic amines is 1. The largest absolute Gasteiger partial charge is 0.444 e. The molecule has 0 atom stereocenters. The van der Waals surface area contributed by atoms with Crippen LogP contribution >= 0.6 is 0 Å². The van der Waals surface area contributed by atoms with Crippen LogP contribution < -0.4 is 5.32 Å². The first-order valence-electron chi connectivity index (χ1n) is 9.00. The summed E-state index contributed by atoms with van der Waals surface area (Å²) in [4.78, 5) is 15.0. The monoisotopic (exact) mass is 350 g/mol. The van der Waals surface area contributed by atoms with Gasteiger partial charge in [0.05, 0.1) is 0 Å². The predicted molar refractivity (Wildman–Crippen MR) is 105 cm³/mol. The van der Waals surface area contributed by atoms with Crippen LogP contribution in [0.5, 0.6) is 0 Å². The Balaban J connectivity index is 1.63. The number of fused-ring (bicyclic) bond motifs is 1. The molecule has 1 heterocycles. The maximum Gasteiger partial charge on any atom is 0.407 e. The number of carbonyl (C=O) groups excluding carboxylic acids is 1. The molecule has 0 unspecified atom stereocenters. The van der Waals surface area contributed by atoms with Crippen molar-refractivity contribution in [1.82, 2.24) is 10.3 Å². The van der Waals surface area contributed by atoms with Crippen molar-refractivity contribution in [3.05, 3.63) is 71.4 Å². The standard InChI is InChI=1S/C22H26N2O2/c1-22(2,3)26-21(25)24-13-10-17-6-4-5-7-18(17)14-16-8-9-20-19(15-16)11-12-23-20/h4-9,11-12,15,23H,10,13-14H2,1-3H3,(H,24,25). The molecule has 0 bridgehead atoms. The highest BCUT2D eigenvalue weighted by molar-refractivity contribution is 5.80. The van der Waals surface area contributed by atoms with E-state index in [-0.39, 0.29) is 6.09 Å². The van der Waals surface area contributed by atoms with Crippen LogP contribution in [0.25, 0.3) is 10.9 Å². The fourth-order valence-electron chi connectivity index (χ4n) is 3.02. The van der Waals surface area contributed by atoms with E-state index in [4.69, 9.17) is 4.74 Å². The van der Waals surface area contributed by atoms with E-state index in [0.717, 1.165) is 18.4 Å². The normalized spacial score (nSPS) is 11.5. The van der Waals surface area contributed by atoms with E-state index in [1.807, 2.05) is 33.0 Å². The molecule has 0 radical (unpaired) electrons. The van der Waals surface area contributed by atoms with Gasteiger partial charge in [0.15, 0.2) is 0 Å². The van der Waals surface area contributed by atoms with Gasteiger partial charge in [-0.25, -0.2) is 4.79 Å². The maximum atomic E-state index is 11.8. The molecular formula is C22H26N2O2. The van der Waals surface area contributed by atoms with Crippen molar-refractivity contribution in [2.75, 3.05) is 6.54 Å². The molecule has 1 aromatic heterocycles. The molecule has 4 heteroatoms. The number of amides is 1. The number of hydrogen-bond acceptors (Lipinski definition) is 2. The molecule has 0 aliphatic heterocycles. The van der Waals surface area contributed by atoms with Crippen molar-refractivity contribution in [2.45, 2.75) is 39.2 Å². The maximum absolute atomic E-state index is 11.8. The molecular weight excluding hydrogens is 324 g/mol. The van der Waals surface area contributed by atoms with Crippen LogP contribution in [0.15, 0.2) is 54.7 Å². The zero-order valence-electron chi connectivity index (χ0n) is 15.6. The van der Waals surface area contributed by atoms with Crippen molar-refractivity contribution in [1.29, 1.82) is 0 Å². The fraction of sp³-hybridized carbons (Fsp3) is 0.318. The number of benzene rings is 2. The Morgan fingerprint density at radius 2 is 1.85 bits per heavy atom. The first-order valence-corrected chi connectivity index (χ1v) is 9.00. The molecule has 3 aromatic rings. The lowest BCUT2D eigenvalue weighted by molar-refractivity contribution is 0.0528. The second-order valence-corrected chi connectivity index (χ2v) is 7.52. The van der Waals surface area contributed by atoms with Gasteiger partial charge in [-0.05, 0) is 73.9 Å². The first kappa shape index (κ1) is 18.1. The van der Waals surface area contributed by atoms with Crippen molar-refractivity contribution in [2.24, 2.45) is 0 Å². The summed E-state index contributed by atoms with van der Waals surface area (Å²) >= 11 is 0. The van der Waals surface area contributed by atoms with Crippen LogP contribution in [0.1, 0.15) is 37.5 Å². The minimum atomic E-state index is -0.473. The number of alkyl carbamates (subject to hydrolysis) is 1. The van der Waals surface area contributed by atoms with Gasteiger partial charge in [0.25, 0.3) is 0 Å². The van der Waals surface area contributed by atoms with Gasteiger partial charge in [-0.2, -0.15) is 0 Å². The number of carbonyl (C=O) groups is 1. The summed E-state index contributed by atoms with van der Waals surface area (Å²) in [6, 6.07) is 17.0. The Labute approximate surface area is 154 Å². The lowest BCUT2D eigenvalue weighted by Crippen LogP contribution is -2.33. The summed E-state index contributed by atoms with van der Waals surface area (Å²) in [6.07, 6.45) is 3.25. The van der Waals surface area contributed by atoms with Gasteiger partial charge in [-0.3, -0.25) is 0 Å². The van der Waals surface area contributed by atoms with Crippen molar-refractivity contribution >= 4 is 17.0 Å². The quantitative estimate of drug-likeness (QED) is 0.693. The second-order valence-electron chi connectivity index (χ2n) is 7.52. The van der Waals surface area contributed by atoms with Crippen LogP contribution in [0.4, 0.5) is 4.79 Å². The molecule has 0 fully saturated rings. The minimum absolute atomic E-state index is 0.368. The summed E-state index contributed by atoms with van der Waals surface area (Å²) in [5, 5.41) is 4.06. The van der Waals surface area contributed by atoms with Gasteiger partial charge >= 0.3 is 6.09 Å². The number of aromatic nitrogens is 1. The summed E-state index contributed by atoms with van der Waals surface area (Å²) < 4.78 is 5.28. The van der Waals surface area contributed by atoms with Crippen molar-refractivity contribution in [3.63, 3.8) is 0 Å². The van der Waals surface area contributed by atoms with Crippen molar-refractivity contribution in [3.8, 4) is 0 Å². The van der Waals surface area contributed by atoms with Crippen LogP contribution in [0.3, 0.4) is 0 Å². The Hall–Kier alpha value is -2.75. The smallest absolute Gasteiger partial charge is 0.407 e. The zero-order valence-corrected chi connectivity index (χ0v) is 15.6. The Kier molecular flexibility index (Phi) is 5.31. The zero-order chi connectivity index (χ0) is 18.6. The number of nitrogens with one attached hydrogen (secondary N) is 2. The number of rotatable bonds is 5. The molecule has 2 aromatic carbocycles. The van der Waals surface area contributed by atoms with Crippen LogP contribution in [0.2, 0.25) is 0 Å². The molecule has 3 rings (SSSR count). The van der Waals surface area contributed by atoms with Crippen LogP contribution in [-0.4, -0.2) is 23.2 Å². The minimum Gasteiger partial charge on any atom is -0.444 e. The van der Waals surface area contributed by atoms with E-state index in [1.54, 1.807) is 0 Å². The molecule has 0 saturated carbocycles. The molecule has 0 saturated heterocycles. The summed E-state index contributed by atoms with van der Waals surface area (Å²) in [6.45, 7) is 6.15. The fourth-order valence-corrected chi connectivity index (χ4v) is 3.02. The molecule has 4 nitrogen and oxygen atoms in total. The Morgan fingerprint density at radius 3 is 2.62 bits per heavy atom. The molecule has 26 heavy (non-hydrogen) atoms. The highest BCUT2D eigenvalue weighted by Gasteiger charge is 2.15. The molecule has 0 spiro atoms. The van der Waals surface area contributed by atoms with E-state index in [0.29, 0.717) is 6.54 Å². The third kappa shape index (κ3) is 4.88. The van der Waals surface area contributed by atoms with Crippen molar-refractivity contribution < 1.29 is 9.53 Å². The highest BCUT2D eigenvalue weighted by Crippen LogP contribution is 2.19. The highest BCUT2D eigenvalue weighted by atomic mass is 16.6.